The summed E-state index contributed by atoms with van der Waals surface area (Å²) in [5, 5.41) is 14.6. The molecule has 1 spiro atoms. The lowest BCUT2D eigenvalue weighted by Gasteiger charge is -2.46. The number of halogens is 1. The van der Waals surface area contributed by atoms with Gasteiger partial charge in [0.25, 0.3) is 0 Å². The van der Waals surface area contributed by atoms with Crippen molar-refractivity contribution >= 4 is 20.9 Å². The first-order valence-electron chi connectivity index (χ1n) is 11.1. The Balaban J connectivity index is 1.53. The second-order valence-corrected chi connectivity index (χ2v) is 10.9. The van der Waals surface area contributed by atoms with Crippen LogP contribution in [0.25, 0.3) is 10.9 Å². The fourth-order valence-corrected chi connectivity index (χ4v) is 7.01. The molecule has 7 nitrogen and oxygen atoms in total. The number of methoxy groups -OCH3 is 1. The summed E-state index contributed by atoms with van der Waals surface area (Å²) in [6, 6.07) is 11.0. The van der Waals surface area contributed by atoms with Crippen molar-refractivity contribution in [3.05, 3.63) is 59.5 Å². The second-order valence-electron chi connectivity index (χ2n) is 8.96. The highest BCUT2D eigenvalue weighted by atomic mass is 32.2. The van der Waals surface area contributed by atoms with Crippen LogP contribution < -0.4 is 10.1 Å². The molecule has 9 heteroatoms. The van der Waals surface area contributed by atoms with Crippen LogP contribution in [-0.2, 0) is 22.5 Å². The minimum Gasteiger partial charge on any atom is -0.497 e. The number of benzene rings is 2. The molecule has 5 rings (SSSR count). The number of aryl methyl sites for hydroxylation is 1. The summed E-state index contributed by atoms with van der Waals surface area (Å²) < 4.78 is 48.9. The zero-order chi connectivity index (χ0) is 23.4. The summed E-state index contributed by atoms with van der Waals surface area (Å²) in [6.45, 7) is 1.32. The summed E-state index contributed by atoms with van der Waals surface area (Å²) in [4.78, 5) is -0.0153. The van der Waals surface area contributed by atoms with Crippen LogP contribution in [0.4, 0.5) is 4.39 Å². The molecule has 33 heavy (non-hydrogen) atoms. The number of rotatable bonds is 4. The Labute approximate surface area is 192 Å². The lowest BCUT2D eigenvalue weighted by Crippen LogP contribution is -2.53. The van der Waals surface area contributed by atoms with E-state index in [0.29, 0.717) is 32.5 Å². The van der Waals surface area contributed by atoms with Gasteiger partial charge < -0.3 is 19.7 Å². The Morgan fingerprint density at radius 3 is 2.64 bits per heavy atom. The lowest BCUT2D eigenvalue weighted by atomic mass is 9.69. The van der Waals surface area contributed by atoms with Gasteiger partial charge in [-0.05, 0) is 48.7 Å². The van der Waals surface area contributed by atoms with Crippen molar-refractivity contribution in [2.75, 3.05) is 33.4 Å². The lowest BCUT2D eigenvalue weighted by molar-refractivity contribution is 0.176. The fraction of sp³-hybridized carbons (Fsp3) is 0.417. The summed E-state index contributed by atoms with van der Waals surface area (Å²) in [7, 11) is -0.137. The molecule has 176 valence electrons. The molecule has 3 aromatic rings. The number of aliphatic hydroxyl groups is 1. The quantitative estimate of drug-likeness (QED) is 0.609. The number of hydrogen-bond acceptors (Lipinski definition) is 5. The van der Waals surface area contributed by atoms with E-state index in [9.17, 15) is 17.9 Å². The highest BCUT2D eigenvalue weighted by Gasteiger charge is 2.46. The molecule has 2 aromatic carbocycles. The average molecular weight is 474 g/mol. The van der Waals surface area contributed by atoms with Gasteiger partial charge in [0, 0.05) is 49.2 Å². The molecule has 0 saturated carbocycles. The van der Waals surface area contributed by atoms with E-state index >= 15 is 0 Å². The highest BCUT2D eigenvalue weighted by molar-refractivity contribution is 7.89. The van der Waals surface area contributed by atoms with Crippen LogP contribution in [0.1, 0.15) is 30.1 Å². The SMILES string of the molecule is COc1ccc2c3c(n(C)c2c1)[C@H](CO)NCC31CCN(S(=O)(=O)c2cccc(F)c2)CC1. The Bertz CT molecular complexity index is 1310. The van der Waals surface area contributed by atoms with Crippen LogP contribution in [0, 0.1) is 5.82 Å². The molecular formula is C24H28FN3O4S. The van der Waals surface area contributed by atoms with Gasteiger partial charge in [-0.15, -0.1) is 0 Å². The number of fused-ring (bicyclic) bond motifs is 4. The molecule has 3 heterocycles. The molecule has 2 aliphatic heterocycles. The predicted molar refractivity (Wildman–Crippen MR) is 123 cm³/mol. The first-order valence-corrected chi connectivity index (χ1v) is 12.5. The molecule has 0 amide bonds. The number of sulfonamides is 1. The highest BCUT2D eigenvalue weighted by Crippen LogP contribution is 2.47. The van der Waals surface area contributed by atoms with E-state index in [2.05, 4.69) is 16.0 Å². The van der Waals surface area contributed by atoms with E-state index in [0.717, 1.165) is 28.4 Å². The van der Waals surface area contributed by atoms with E-state index < -0.39 is 15.8 Å². The van der Waals surface area contributed by atoms with E-state index in [1.165, 1.54) is 28.1 Å². The van der Waals surface area contributed by atoms with Crippen LogP contribution >= 0.6 is 0 Å². The Morgan fingerprint density at radius 2 is 1.97 bits per heavy atom. The normalized spacial score (nSPS) is 20.8. The summed E-state index contributed by atoms with van der Waals surface area (Å²) >= 11 is 0. The zero-order valence-electron chi connectivity index (χ0n) is 18.7. The number of nitrogens with zero attached hydrogens (tertiary/aromatic N) is 2. The maximum atomic E-state index is 13.7. The standard InChI is InChI=1S/C24H28FN3O4S/c1-27-21-13-17(32-2)6-7-19(21)22-23(27)20(14-29)26-15-24(22)8-10-28(11-9-24)33(30,31)18-5-3-4-16(25)12-18/h3-7,12-13,20,26,29H,8-11,14-15H2,1-2H3/t20-/m0/s1. The number of hydrogen-bond donors (Lipinski definition) is 2. The van der Waals surface area contributed by atoms with E-state index in [4.69, 9.17) is 4.74 Å². The maximum Gasteiger partial charge on any atom is 0.243 e. The van der Waals surface area contributed by atoms with Gasteiger partial charge in [-0.25, -0.2) is 12.8 Å². The molecule has 0 unspecified atom stereocenters. The third-order valence-electron chi connectivity index (χ3n) is 7.30. The first-order chi connectivity index (χ1) is 15.8. The fourth-order valence-electron chi connectivity index (χ4n) is 5.54. The third kappa shape index (κ3) is 3.45. The van der Waals surface area contributed by atoms with Gasteiger partial charge in [0.1, 0.15) is 11.6 Å². The third-order valence-corrected chi connectivity index (χ3v) is 9.19. The minimum atomic E-state index is -3.77. The number of nitrogens with one attached hydrogen (secondary N) is 1. The van der Waals surface area contributed by atoms with Crippen LogP contribution in [-0.4, -0.2) is 55.7 Å². The van der Waals surface area contributed by atoms with Gasteiger partial charge >= 0.3 is 0 Å². The van der Waals surface area contributed by atoms with Crippen molar-refractivity contribution in [1.29, 1.82) is 0 Å². The monoisotopic (exact) mass is 473 g/mol. The second kappa shape index (κ2) is 8.09. The average Bonchev–Trinajstić information content (AvgIpc) is 3.13. The van der Waals surface area contributed by atoms with Crippen LogP contribution in [0.5, 0.6) is 5.75 Å². The molecule has 0 radical (unpaired) electrons. The number of aliphatic hydroxyl groups excluding tert-OH is 1. The summed E-state index contributed by atoms with van der Waals surface area (Å²) in [6.07, 6.45) is 1.26. The van der Waals surface area contributed by atoms with Crippen molar-refractivity contribution in [2.45, 2.75) is 29.2 Å². The summed E-state index contributed by atoms with van der Waals surface area (Å²) in [5.41, 5.74) is 2.98. The molecule has 2 aliphatic rings. The van der Waals surface area contributed by atoms with Gasteiger partial charge in [-0.1, -0.05) is 6.07 Å². The maximum absolute atomic E-state index is 13.7. The zero-order valence-corrected chi connectivity index (χ0v) is 19.5. The van der Waals surface area contributed by atoms with Crippen molar-refractivity contribution in [1.82, 2.24) is 14.2 Å². The number of aromatic nitrogens is 1. The molecule has 1 fully saturated rings. The molecular weight excluding hydrogens is 445 g/mol. The van der Waals surface area contributed by atoms with E-state index in [-0.39, 0.29) is 23.0 Å². The molecule has 0 bridgehead atoms. The molecule has 1 atom stereocenters. The van der Waals surface area contributed by atoms with Crippen molar-refractivity contribution in [2.24, 2.45) is 7.05 Å². The van der Waals surface area contributed by atoms with Crippen molar-refractivity contribution in [3.63, 3.8) is 0 Å². The number of ether oxygens (including phenoxy) is 1. The smallest absolute Gasteiger partial charge is 0.243 e. The molecule has 1 aromatic heterocycles. The van der Waals surface area contributed by atoms with Gasteiger partial charge in [-0.2, -0.15) is 4.31 Å². The van der Waals surface area contributed by atoms with Crippen LogP contribution in [0.15, 0.2) is 47.4 Å². The van der Waals surface area contributed by atoms with Crippen molar-refractivity contribution < 1.29 is 22.7 Å². The molecule has 0 aliphatic carbocycles. The van der Waals surface area contributed by atoms with Gasteiger partial charge in [0.15, 0.2) is 0 Å². The number of piperidine rings is 1. The van der Waals surface area contributed by atoms with Crippen molar-refractivity contribution in [3.8, 4) is 5.75 Å². The summed E-state index contributed by atoms with van der Waals surface area (Å²) in [5.74, 6) is 0.200. The first kappa shape index (κ1) is 22.3. The van der Waals surface area contributed by atoms with E-state index in [1.807, 2.05) is 19.2 Å². The van der Waals surface area contributed by atoms with Gasteiger partial charge in [0.05, 0.1) is 30.2 Å². The Morgan fingerprint density at radius 1 is 1.21 bits per heavy atom. The minimum absolute atomic E-state index is 0.0153. The largest absolute Gasteiger partial charge is 0.497 e. The molecule has 2 N–H and O–H groups in total. The topological polar surface area (TPSA) is 83.8 Å². The Hall–Kier alpha value is -2.46. The predicted octanol–water partition coefficient (Wildman–Crippen LogP) is 2.69. The van der Waals surface area contributed by atoms with Crippen LogP contribution in [0.3, 0.4) is 0 Å². The van der Waals surface area contributed by atoms with Crippen LogP contribution in [0.2, 0.25) is 0 Å². The van der Waals surface area contributed by atoms with E-state index in [1.54, 1.807) is 7.11 Å². The molecule has 1 saturated heterocycles. The van der Waals surface area contributed by atoms with Gasteiger partial charge in [-0.3, -0.25) is 0 Å². The Kier molecular flexibility index (Phi) is 5.48. The van der Waals surface area contributed by atoms with Gasteiger partial charge in [0.2, 0.25) is 10.0 Å².